The monoisotopic (exact) mass is 410 g/mol. The van der Waals surface area contributed by atoms with Crippen LogP contribution in [0.15, 0.2) is 0 Å². The van der Waals surface area contributed by atoms with Crippen molar-refractivity contribution in [1.82, 2.24) is 0 Å². The van der Waals surface area contributed by atoms with Crippen LogP contribution < -0.4 is 0 Å². The summed E-state index contributed by atoms with van der Waals surface area (Å²) in [5.74, 6) is -0.00602. The highest BCUT2D eigenvalue weighted by Crippen LogP contribution is 2.15. The van der Waals surface area contributed by atoms with Crippen molar-refractivity contribution in [2.45, 2.75) is 161 Å². The van der Waals surface area contributed by atoms with Crippen molar-refractivity contribution in [3.63, 3.8) is 0 Å². The molecule has 0 aliphatic heterocycles. The lowest BCUT2D eigenvalue weighted by atomic mass is 10.0. The Hall–Kier alpha value is -0.370. The van der Waals surface area contributed by atoms with E-state index in [0.29, 0.717) is 6.42 Å². The lowest BCUT2D eigenvalue weighted by Crippen LogP contribution is -2.02. The largest absolute Gasteiger partial charge is 0.389 e. The number of rotatable bonds is 25. The summed E-state index contributed by atoms with van der Waals surface area (Å²) in [6.45, 7) is 2.01. The van der Waals surface area contributed by atoms with Gasteiger partial charge in [-0.05, 0) is 6.42 Å². The quantitative estimate of drug-likeness (QED) is 0.152. The molecule has 0 unspecified atom stereocenters. The van der Waals surface area contributed by atoms with Crippen molar-refractivity contribution < 1.29 is 9.90 Å². The van der Waals surface area contributed by atoms with Crippen LogP contribution in [-0.2, 0) is 4.79 Å². The maximum Gasteiger partial charge on any atom is 0.158 e. The molecule has 0 aromatic rings. The van der Waals surface area contributed by atoms with Gasteiger partial charge in [0.25, 0.3) is 0 Å². The van der Waals surface area contributed by atoms with Crippen LogP contribution in [0.4, 0.5) is 0 Å². The van der Waals surface area contributed by atoms with Gasteiger partial charge in [-0.15, -0.1) is 0 Å². The molecular weight excluding hydrogens is 356 g/mol. The standard InChI is InChI=1S/C27H54O2/c1-2-3-4-5-6-7-8-9-10-11-12-13-14-15-16-17-18-19-20-21-22-23-24-25-27(29)26-28/h28H,2-26H2,1H3. The highest BCUT2D eigenvalue weighted by atomic mass is 16.3. The first kappa shape index (κ1) is 28.6. The summed E-state index contributed by atoms with van der Waals surface area (Å²) in [4.78, 5) is 11.0. The Bertz CT molecular complexity index is 314. The summed E-state index contributed by atoms with van der Waals surface area (Å²) in [5.41, 5.74) is 0. The predicted molar refractivity (Wildman–Crippen MR) is 129 cm³/mol. The fourth-order valence-electron chi connectivity index (χ4n) is 4.19. The van der Waals surface area contributed by atoms with E-state index in [1.54, 1.807) is 0 Å². The smallest absolute Gasteiger partial charge is 0.158 e. The van der Waals surface area contributed by atoms with Gasteiger partial charge in [0, 0.05) is 6.42 Å². The second-order valence-electron chi connectivity index (χ2n) is 9.22. The summed E-state index contributed by atoms with van der Waals surface area (Å²) in [6.07, 6.45) is 32.5. The molecule has 0 atom stereocenters. The van der Waals surface area contributed by atoms with Crippen LogP contribution in [0.2, 0.25) is 0 Å². The van der Waals surface area contributed by atoms with Crippen LogP contribution in [-0.4, -0.2) is 17.5 Å². The van der Waals surface area contributed by atoms with Gasteiger partial charge in [0.1, 0.15) is 6.61 Å². The third-order valence-corrected chi connectivity index (χ3v) is 6.24. The summed E-state index contributed by atoms with van der Waals surface area (Å²) < 4.78 is 0. The molecule has 0 amide bonds. The van der Waals surface area contributed by atoms with Crippen LogP contribution in [0.25, 0.3) is 0 Å². The highest BCUT2D eigenvalue weighted by molar-refractivity contribution is 5.79. The lowest BCUT2D eigenvalue weighted by molar-refractivity contribution is -0.121. The van der Waals surface area contributed by atoms with Crippen molar-refractivity contribution in [2.24, 2.45) is 0 Å². The summed E-state index contributed by atoms with van der Waals surface area (Å²) in [5, 5.41) is 8.66. The lowest BCUT2D eigenvalue weighted by Gasteiger charge is -2.04. The molecule has 0 bridgehead atoms. The van der Waals surface area contributed by atoms with Crippen LogP contribution in [0.5, 0.6) is 0 Å². The van der Waals surface area contributed by atoms with Crippen molar-refractivity contribution in [2.75, 3.05) is 6.61 Å². The van der Waals surface area contributed by atoms with E-state index in [9.17, 15) is 4.79 Å². The molecule has 0 aromatic heterocycles. The third-order valence-electron chi connectivity index (χ3n) is 6.24. The Kier molecular flexibility index (Phi) is 25.3. The zero-order valence-electron chi connectivity index (χ0n) is 20.0. The average molecular weight is 411 g/mol. The predicted octanol–water partition coefficient (Wildman–Crippen LogP) is 8.93. The summed E-state index contributed by atoms with van der Waals surface area (Å²) in [7, 11) is 0. The Morgan fingerprint density at radius 3 is 0.931 bits per heavy atom. The molecule has 0 rings (SSSR count). The van der Waals surface area contributed by atoms with Crippen molar-refractivity contribution in [3.05, 3.63) is 0 Å². The summed E-state index contributed by atoms with van der Waals surface area (Å²) in [6, 6.07) is 0. The molecule has 0 saturated carbocycles. The maximum absolute atomic E-state index is 11.0. The number of ketones is 1. The Morgan fingerprint density at radius 2 is 0.690 bits per heavy atom. The first-order chi connectivity index (χ1) is 14.3. The zero-order chi connectivity index (χ0) is 21.3. The molecule has 0 heterocycles. The van der Waals surface area contributed by atoms with Gasteiger partial charge >= 0.3 is 0 Å². The van der Waals surface area contributed by atoms with Gasteiger partial charge < -0.3 is 5.11 Å². The first-order valence-electron chi connectivity index (χ1n) is 13.4. The SMILES string of the molecule is CCCCCCCCCCCCCCCCCCCCCCCCCC(=O)CO. The molecule has 0 saturated heterocycles. The van der Waals surface area contributed by atoms with Crippen molar-refractivity contribution in [1.29, 1.82) is 0 Å². The number of hydrogen-bond donors (Lipinski definition) is 1. The normalized spacial score (nSPS) is 11.2. The van der Waals surface area contributed by atoms with Gasteiger partial charge in [-0.2, -0.15) is 0 Å². The van der Waals surface area contributed by atoms with E-state index < -0.39 is 0 Å². The Balaban J connectivity index is 3.01. The Morgan fingerprint density at radius 1 is 0.448 bits per heavy atom. The first-order valence-corrected chi connectivity index (χ1v) is 13.4. The molecule has 2 heteroatoms. The van der Waals surface area contributed by atoms with E-state index in [0.717, 1.165) is 12.8 Å². The van der Waals surface area contributed by atoms with Crippen LogP contribution >= 0.6 is 0 Å². The minimum atomic E-state index is -0.278. The van der Waals surface area contributed by atoms with E-state index in [2.05, 4.69) is 6.92 Å². The topological polar surface area (TPSA) is 37.3 Å². The second-order valence-corrected chi connectivity index (χ2v) is 9.22. The van der Waals surface area contributed by atoms with E-state index >= 15 is 0 Å². The molecule has 0 aromatic carbocycles. The molecule has 29 heavy (non-hydrogen) atoms. The zero-order valence-corrected chi connectivity index (χ0v) is 20.0. The molecule has 1 N–H and O–H groups in total. The number of aliphatic hydroxyl groups is 1. The number of carbonyl (C=O) groups excluding carboxylic acids is 1. The molecule has 2 nitrogen and oxygen atoms in total. The van der Waals surface area contributed by atoms with E-state index in [1.807, 2.05) is 0 Å². The Labute approximate surface area is 183 Å². The van der Waals surface area contributed by atoms with E-state index in [1.165, 1.54) is 135 Å². The molecule has 0 aliphatic rings. The highest BCUT2D eigenvalue weighted by Gasteiger charge is 1.99. The van der Waals surface area contributed by atoms with Gasteiger partial charge in [-0.1, -0.05) is 148 Å². The molecule has 174 valence electrons. The molecule has 0 spiro atoms. The maximum atomic E-state index is 11.0. The average Bonchev–Trinajstić information content (AvgIpc) is 2.74. The third kappa shape index (κ3) is 25.6. The fraction of sp³-hybridized carbons (Fsp3) is 0.963. The number of unbranched alkanes of at least 4 members (excludes halogenated alkanes) is 22. The van der Waals surface area contributed by atoms with Crippen LogP contribution in [0.3, 0.4) is 0 Å². The summed E-state index contributed by atoms with van der Waals surface area (Å²) >= 11 is 0. The van der Waals surface area contributed by atoms with E-state index in [4.69, 9.17) is 5.11 Å². The molecule has 0 fully saturated rings. The van der Waals surface area contributed by atoms with Gasteiger partial charge in [0.2, 0.25) is 0 Å². The van der Waals surface area contributed by atoms with Gasteiger partial charge in [0.15, 0.2) is 5.78 Å². The van der Waals surface area contributed by atoms with Crippen LogP contribution in [0.1, 0.15) is 161 Å². The minimum Gasteiger partial charge on any atom is -0.389 e. The van der Waals surface area contributed by atoms with Crippen LogP contribution in [0, 0.1) is 0 Å². The fourth-order valence-corrected chi connectivity index (χ4v) is 4.19. The van der Waals surface area contributed by atoms with Gasteiger partial charge in [-0.25, -0.2) is 0 Å². The van der Waals surface area contributed by atoms with Gasteiger partial charge in [-0.3, -0.25) is 4.79 Å². The van der Waals surface area contributed by atoms with Gasteiger partial charge in [0.05, 0.1) is 0 Å². The minimum absolute atomic E-state index is 0.00602. The molecule has 0 aliphatic carbocycles. The second kappa shape index (κ2) is 25.7. The van der Waals surface area contributed by atoms with Crippen molar-refractivity contribution in [3.8, 4) is 0 Å². The molecule has 0 radical (unpaired) electrons. The number of hydrogen-bond acceptors (Lipinski definition) is 2. The van der Waals surface area contributed by atoms with E-state index in [-0.39, 0.29) is 12.4 Å². The van der Waals surface area contributed by atoms with Crippen molar-refractivity contribution >= 4 is 5.78 Å². The number of Topliss-reactive ketones (excluding diaryl/α,β-unsaturated/α-hetero) is 1. The number of aliphatic hydroxyl groups excluding tert-OH is 1. The molecular formula is C27H54O2. The number of carbonyl (C=O) groups is 1.